The maximum atomic E-state index is 5.18. The Morgan fingerprint density at radius 3 is 2.33 bits per heavy atom. The van der Waals surface area contributed by atoms with Gasteiger partial charge in [0.2, 0.25) is 0 Å². The van der Waals surface area contributed by atoms with Gasteiger partial charge in [-0.25, -0.2) is 0 Å². The maximum Gasteiger partial charge on any atom is 0.119 e. The molecule has 0 bridgehead atoms. The molecule has 1 aliphatic heterocycles. The summed E-state index contributed by atoms with van der Waals surface area (Å²) in [4.78, 5) is 6.50. The molecule has 1 saturated heterocycles. The molecule has 1 aromatic carbocycles. The summed E-state index contributed by atoms with van der Waals surface area (Å²) in [7, 11) is 1.69. The van der Waals surface area contributed by atoms with Crippen molar-refractivity contribution in [2.45, 2.75) is 18.9 Å². The summed E-state index contributed by atoms with van der Waals surface area (Å²) >= 11 is 0. The molecular weight excluding hydrogens is 262 g/mol. The molecule has 1 aromatic heterocycles. The molecule has 0 radical (unpaired) electrons. The number of aromatic nitrogens is 1. The van der Waals surface area contributed by atoms with Crippen LogP contribution in [0.1, 0.15) is 12.8 Å². The lowest BCUT2D eigenvalue weighted by Crippen LogP contribution is -2.39. The van der Waals surface area contributed by atoms with E-state index in [1.54, 1.807) is 7.11 Å². The number of ether oxygens (including phenoxy) is 1. The smallest absolute Gasteiger partial charge is 0.119 e. The Morgan fingerprint density at radius 2 is 1.71 bits per heavy atom. The van der Waals surface area contributed by atoms with E-state index in [1.165, 1.54) is 5.69 Å². The molecule has 1 N–H and O–H groups in total. The molecule has 0 saturated carbocycles. The van der Waals surface area contributed by atoms with Crippen molar-refractivity contribution in [2.75, 3.05) is 30.4 Å². The van der Waals surface area contributed by atoms with Gasteiger partial charge in [0.25, 0.3) is 0 Å². The van der Waals surface area contributed by atoms with Crippen LogP contribution in [0.2, 0.25) is 0 Å². The average molecular weight is 283 g/mol. The first-order valence-corrected chi connectivity index (χ1v) is 7.41. The van der Waals surface area contributed by atoms with E-state index in [1.807, 2.05) is 24.5 Å². The molecule has 110 valence electrons. The molecule has 0 unspecified atom stereocenters. The number of methoxy groups -OCH3 is 1. The van der Waals surface area contributed by atoms with E-state index in [-0.39, 0.29) is 0 Å². The van der Waals surface area contributed by atoms with Crippen molar-refractivity contribution in [2.24, 2.45) is 0 Å². The highest BCUT2D eigenvalue weighted by Crippen LogP contribution is 2.22. The second-order valence-corrected chi connectivity index (χ2v) is 5.34. The van der Waals surface area contributed by atoms with Gasteiger partial charge in [-0.1, -0.05) is 0 Å². The lowest BCUT2D eigenvalue weighted by Gasteiger charge is -2.34. The van der Waals surface area contributed by atoms with E-state index in [0.717, 1.165) is 37.4 Å². The summed E-state index contributed by atoms with van der Waals surface area (Å²) in [6.45, 7) is 2.16. The van der Waals surface area contributed by atoms with E-state index in [0.29, 0.717) is 6.04 Å². The second kappa shape index (κ2) is 6.48. The number of nitrogens with zero attached hydrogens (tertiary/aromatic N) is 2. The zero-order valence-corrected chi connectivity index (χ0v) is 12.3. The van der Waals surface area contributed by atoms with Gasteiger partial charge in [0.1, 0.15) is 5.75 Å². The van der Waals surface area contributed by atoms with Crippen LogP contribution in [0.4, 0.5) is 11.4 Å². The fourth-order valence-electron chi connectivity index (χ4n) is 2.76. The van der Waals surface area contributed by atoms with Crippen molar-refractivity contribution in [3.05, 3.63) is 48.8 Å². The van der Waals surface area contributed by atoms with Gasteiger partial charge in [0.15, 0.2) is 0 Å². The van der Waals surface area contributed by atoms with Gasteiger partial charge in [-0.3, -0.25) is 4.98 Å². The van der Waals surface area contributed by atoms with Gasteiger partial charge < -0.3 is 15.0 Å². The third kappa shape index (κ3) is 3.45. The summed E-state index contributed by atoms with van der Waals surface area (Å²) in [6.07, 6.45) is 6.01. The number of pyridine rings is 1. The Labute approximate surface area is 125 Å². The molecular formula is C17H21N3O. The molecule has 21 heavy (non-hydrogen) atoms. The SMILES string of the molecule is COc1ccc(NC2CCN(c3ccncc3)CC2)cc1. The van der Waals surface area contributed by atoms with Gasteiger partial charge in [-0.2, -0.15) is 0 Å². The fourth-order valence-corrected chi connectivity index (χ4v) is 2.76. The predicted molar refractivity (Wildman–Crippen MR) is 86.1 cm³/mol. The third-order valence-corrected chi connectivity index (χ3v) is 3.98. The molecule has 4 heteroatoms. The first-order chi connectivity index (χ1) is 10.3. The highest BCUT2D eigenvalue weighted by molar-refractivity contribution is 5.48. The standard InChI is InChI=1S/C17H21N3O/c1-21-17-4-2-14(3-5-17)19-15-8-12-20(13-9-15)16-6-10-18-11-7-16/h2-7,10-11,15,19H,8-9,12-13H2,1H3. The summed E-state index contributed by atoms with van der Waals surface area (Å²) in [5.41, 5.74) is 2.44. The van der Waals surface area contributed by atoms with Crippen molar-refractivity contribution < 1.29 is 4.74 Å². The first-order valence-electron chi connectivity index (χ1n) is 7.41. The van der Waals surface area contributed by atoms with Crippen molar-refractivity contribution in [1.29, 1.82) is 0 Å². The summed E-state index contributed by atoms with van der Waals surface area (Å²) in [6, 6.07) is 12.8. The van der Waals surface area contributed by atoms with Crippen LogP contribution in [0.3, 0.4) is 0 Å². The van der Waals surface area contributed by atoms with Crippen LogP contribution < -0.4 is 15.0 Å². The minimum atomic E-state index is 0.538. The molecule has 2 aromatic rings. The van der Waals surface area contributed by atoms with Crippen LogP contribution >= 0.6 is 0 Å². The summed E-state index contributed by atoms with van der Waals surface area (Å²) in [5.74, 6) is 0.896. The quantitative estimate of drug-likeness (QED) is 0.935. The zero-order valence-electron chi connectivity index (χ0n) is 12.3. The minimum absolute atomic E-state index is 0.538. The highest BCUT2D eigenvalue weighted by Gasteiger charge is 2.19. The zero-order chi connectivity index (χ0) is 14.5. The molecule has 1 aliphatic rings. The van der Waals surface area contributed by atoms with Gasteiger partial charge >= 0.3 is 0 Å². The van der Waals surface area contributed by atoms with E-state index < -0.39 is 0 Å². The minimum Gasteiger partial charge on any atom is -0.497 e. The molecule has 2 heterocycles. The molecule has 3 rings (SSSR count). The van der Waals surface area contributed by atoms with Crippen LogP contribution in [0, 0.1) is 0 Å². The van der Waals surface area contributed by atoms with Crippen LogP contribution in [0.5, 0.6) is 5.75 Å². The van der Waals surface area contributed by atoms with E-state index in [4.69, 9.17) is 4.74 Å². The number of piperidine rings is 1. The first kappa shape index (κ1) is 13.7. The Morgan fingerprint density at radius 1 is 1.05 bits per heavy atom. The molecule has 0 amide bonds. The van der Waals surface area contributed by atoms with Gasteiger partial charge in [0, 0.05) is 42.9 Å². The Bertz CT molecular complexity index is 548. The molecule has 0 spiro atoms. The normalized spacial score (nSPS) is 15.8. The summed E-state index contributed by atoms with van der Waals surface area (Å²) < 4.78 is 5.18. The largest absolute Gasteiger partial charge is 0.497 e. The van der Waals surface area contributed by atoms with Crippen LogP contribution in [-0.4, -0.2) is 31.2 Å². The van der Waals surface area contributed by atoms with Crippen molar-refractivity contribution in [3.8, 4) is 5.75 Å². The van der Waals surface area contributed by atoms with E-state index >= 15 is 0 Å². The number of benzene rings is 1. The van der Waals surface area contributed by atoms with Gasteiger partial charge in [0.05, 0.1) is 7.11 Å². The topological polar surface area (TPSA) is 37.4 Å². The molecule has 0 atom stereocenters. The summed E-state index contributed by atoms with van der Waals surface area (Å²) in [5, 5.41) is 3.61. The number of rotatable bonds is 4. The molecule has 1 fully saturated rings. The predicted octanol–water partition coefficient (Wildman–Crippen LogP) is 3.17. The monoisotopic (exact) mass is 283 g/mol. The van der Waals surface area contributed by atoms with Crippen LogP contribution in [0.25, 0.3) is 0 Å². The number of hydrogen-bond acceptors (Lipinski definition) is 4. The molecule has 0 aliphatic carbocycles. The van der Waals surface area contributed by atoms with Crippen molar-refractivity contribution >= 4 is 11.4 Å². The Balaban J connectivity index is 1.53. The van der Waals surface area contributed by atoms with E-state index in [9.17, 15) is 0 Å². The highest BCUT2D eigenvalue weighted by atomic mass is 16.5. The fraction of sp³-hybridized carbons (Fsp3) is 0.353. The third-order valence-electron chi connectivity index (χ3n) is 3.98. The van der Waals surface area contributed by atoms with Crippen molar-refractivity contribution in [1.82, 2.24) is 4.98 Å². The van der Waals surface area contributed by atoms with Crippen LogP contribution in [-0.2, 0) is 0 Å². The number of hydrogen-bond donors (Lipinski definition) is 1. The lowest BCUT2D eigenvalue weighted by molar-refractivity contribution is 0.415. The number of nitrogens with one attached hydrogen (secondary N) is 1. The van der Waals surface area contributed by atoms with Crippen LogP contribution in [0.15, 0.2) is 48.8 Å². The van der Waals surface area contributed by atoms with E-state index in [2.05, 4.69) is 39.5 Å². The average Bonchev–Trinajstić information content (AvgIpc) is 2.57. The maximum absolute atomic E-state index is 5.18. The molecule has 4 nitrogen and oxygen atoms in total. The second-order valence-electron chi connectivity index (χ2n) is 5.34. The number of anilines is 2. The lowest BCUT2D eigenvalue weighted by atomic mass is 10.0. The van der Waals surface area contributed by atoms with Gasteiger partial charge in [-0.05, 0) is 49.2 Å². The van der Waals surface area contributed by atoms with Crippen molar-refractivity contribution in [3.63, 3.8) is 0 Å². The Kier molecular flexibility index (Phi) is 4.24. The Hall–Kier alpha value is -2.23. The van der Waals surface area contributed by atoms with Gasteiger partial charge in [-0.15, -0.1) is 0 Å².